The summed E-state index contributed by atoms with van der Waals surface area (Å²) in [6, 6.07) is 2.26. The molecule has 0 saturated heterocycles. The normalized spacial score (nSPS) is 38.9. The lowest BCUT2D eigenvalue weighted by atomic mass is 9.57. The first-order chi connectivity index (χ1) is 7.24. The van der Waals surface area contributed by atoms with Gasteiger partial charge < -0.3 is 4.74 Å². The third-order valence-corrected chi connectivity index (χ3v) is 4.76. The SMILES string of the molecule is COC12CCC(CCCC#N)(CC1)CC2. The zero-order valence-electron chi connectivity index (χ0n) is 9.72. The Labute approximate surface area is 92.6 Å². The molecule has 2 heteroatoms. The third-order valence-electron chi connectivity index (χ3n) is 4.76. The fourth-order valence-electron chi connectivity index (χ4n) is 3.45. The Morgan fingerprint density at radius 3 is 2.20 bits per heavy atom. The van der Waals surface area contributed by atoms with Gasteiger partial charge in [0.15, 0.2) is 0 Å². The molecule has 3 aliphatic rings. The molecule has 0 unspecified atom stereocenters. The Kier molecular flexibility index (Phi) is 3.02. The van der Waals surface area contributed by atoms with Gasteiger partial charge in [-0.15, -0.1) is 0 Å². The monoisotopic (exact) mass is 207 g/mol. The predicted octanol–water partition coefficient (Wildman–Crippen LogP) is 3.42. The molecular weight excluding hydrogens is 186 g/mol. The van der Waals surface area contributed by atoms with E-state index in [4.69, 9.17) is 10.00 Å². The first kappa shape index (κ1) is 11.0. The summed E-state index contributed by atoms with van der Waals surface area (Å²) in [6.45, 7) is 0. The lowest BCUT2D eigenvalue weighted by Gasteiger charge is -2.53. The van der Waals surface area contributed by atoms with Crippen molar-refractivity contribution in [3.05, 3.63) is 0 Å². The van der Waals surface area contributed by atoms with Crippen LogP contribution in [0.2, 0.25) is 0 Å². The van der Waals surface area contributed by atoms with Crippen molar-refractivity contribution >= 4 is 0 Å². The van der Waals surface area contributed by atoms with Crippen molar-refractivity contribution in [2.24, 2.45) is 5.41 Å². The third kappa shape index (κ3) is 2.03. The number of rotatable bonds is 4. The summed E-state index contributed by atoms with van der Waals surface area (Å²) < 4.78 is 5.68. The van der Waals surface area contributed by atoms with Gasteiger partial charge in [0, 0.05) is 13.5 Å². The van der Waals surface area contributed by atoms with Crippen LogP contribution in [0.1, 0.15) is 57.8 Å². The quantitative estimate of drug-likeness (QED) is 0.662. The van der Waals surface area contributed by atoms with Gasteiger partial charge in [-0.25, -0.2) is 0 Å². The van der Waals surface area contributed by atoms with Crippen molar-refractivity contribution in [1.82, 2.24) is 0 Å². The Bertz CT molecular complexity index is 242. The number of unbranched alkanes of at least 4 members (excludes halogenated alkanes) is 1. The van der Waals surface area contributed by atoms with Crippen LogP contribution in [0.5, 0.6) is 0 Å². The number of methoxy groups -OCH3 is 1. The number of hydrogen-bond acceptors (Lipinski definition) is 2. The number of fused-ring (bicyclic) bond motifs is 3. The molecule has 3 saturated carbocycles. The van der Waals surface area contributed by atoms with Crippen molar-refractivity contribution in [1.29, 1.82) is 5.26 Å². The van der Waals surface area contributed by atoms with Crippen LogP contribution in [-0.2, 0) is 4.74 Å². The van der Waals surface area contributed by atoms with Crippen molar-refractivity contribution in [3.8, 4) is 6.07 Å². The largest absolute Gasteiger partial charge is 0.378 e. The highest BCUT2D eigenvalue weighted by Crippen LogP contribution is 2.55. The molecule has 0 atom stereocenters. The molecule has 15 heavy (non-hydrogen) atoms. The number of hydrogen-bond donors (Lipinski definition) is 0. The van der Waals surface area contributed by atoms with Crippen LogP contribution in [0.25, 0.3) is 0 Å². The molecule has 3 rings (SSSR count). The maximum absolute atomic E-state index is 8.57. The van der Waals surface area contributed by atoms with Crippen molar-refractivity contribution < 1.29 is 4.74 Å². The molecule has 0 aliphatic heterocycles. The van der Waals surface area contributed by atoms with Crippen molar-refractivity contribution in [2.45, 2.75) is 63.4 Å². The van der Waals surface area contributed by atoms with Crippen LogP contribution >= 0.6 is 0 Å². The lowest BCUT2D eigenvalue weighted by molar-refractivity contribution is -0.119. The zero-order chi connectivity index (χ0) is 10.8. The van der Waals surface area contributed by atoms with Crippen LogP contribution in [-0.4, -0.2) is 12.7 Å². The molecule has 3 aliphatic carbocycles. The van der Waals surface area contributed by atoms with E-state index in [9.17, 15) is 0 Å². The number of ether oxygens (including phenoxy) is 1. The summed E-state index contributed by atoms with van der Waals surface area (Å²) in [5, 5.41) is 8.57. The van der Waals surface area contributed by atoms with Gasteiger partial charge in [0.25, 0.3) is 0 Å². The van der Waals surface area contributed by atoms with E-state index in [1.807, 2.05) is 7.11 Å². The second-order valence-electron chi connectivity index (χ2n) is 5.40. The predicted molar refractivity (Wildman–Crippen MR) is 59.3 cm³/mol. The van der Waals surface area contributed by atoms with E-state index in [0.29, 0.717) is 5.41 Å². The van der Waals surface area contributed by atoms with Crippen LogP contribution in [0, 0.1) is 16.7 Å². The molecule has 0 N–H and O–H groups in total. The van der Waals surface area contributed by atoms with E-state index in [1.54, 1.807) is 0 Å². The Morgan fingerprint density at radius 1 is 1.13 bits per heavy atom. The molecule has 84 valence electrons. The van der Waals surface area contributed by atoms with E-state index in [-0.39, 0.29) is 5.60 Å². The van der Waals surface area contributed by atoms with Crippen LogP contribution < -0.4 is 0 Å². The molecule has 2 bridgehead atoms. The minimum Gasteiger partial charge on any atom is -0.378 e. The lowest BCUT2D eigenvalue weighted by Crippen LogP contribution is -2.47. The maximum Gasteiger partial charge on any atom is 0.0679 e. The van der Waals surface area contributed by atoms with Gasteiger partial charge in [0.05, 0.1) is 11.7 Å². The van der Waals surface area contributed by atoms with E-state index in [2.05, 4.69) is 6.07 Å². The minimum atomic E-state index is 0.233. The molecule has 0 aromatic heterocycles. The summed E-state index contributed by atoms with van der Waals surface area (Å²) in [5.41, 5.74) is 0.814. The van der Waals surface area contributed by atoms with Gasteiger partial charge in [-0.3, -0.25) is 0 Å². The van der Waals surface area contributed by atoms with Gasteiger partial charge in [0.2, 0.25) is 0 Å². The Balaban J connectivity index is 1.90. The zero-order valence-corrected chi connectivity index (χ0v) is 9.72. The summed E-state index contributed by atoms with van der Waals surface area (Å²) in [5.74, 6) is 0. The number of nitrogens with zero attached hydrogens (tertiary/aromatic N) is 1. The van der Waals surface area contributed by atoms with Gasteiger partial charge in [-0.1, -0.05) is 0 Å². The smallest absolute Gasteiger partial charge is 0.0679 e. The molecule has 0 spiro atoms. The second kappa shape index (κ2) is 4.14. The second-order valence-corrected chi connectivity index (χ2v) is 5.40. The highest BCUT2D eigenvalue weighted by atomic mass is 16.5. The molecule has 0 amide bonds. The van der Waals surface area contributed by atoms with Crippen LogP contribution in [0.15, 0.2) is 0 Å². The summed E-state index contributed by atoms with van der Waals surface area (Å²) in [7, 11) is 1.87. The highest BCUT2D eigenvalue weighted by Gasteiger charge is 2.48. The molecule has 0 aromatic rings. The molecular formula is C13H21NO. The van der Waals surface area contributed by atoms with E-state index in [0.717, 1.165) is 12.8 Å². The summed E-state index contributed by atoms with van der Waals surface area (Å²) >= 11 is 0. The average molecular weight is 207 g/mol. The Hall–Kier alpha value is -0.550. The first-order valence-electron chi connectivity index (χ1n) is 6.16. The molecule has 2 nitrogen and oxygen atoms in total. The van der Waals surface area contributed by atoms with Gasteiger partial charge >= 0.3 is 0 Å². The number of nitriles is 1. The highest BCUT2D eigenvalue weighted by molar-refractivity contribution is 5.00. The molecule has 0 heterocycles. The summed E-state index contributed by atoms with van der Waals surface area (Å²) in [6.07, 6.45) is 10.8. The first-order valence-corrected chi connectivity index (χ1v) is 6.16. The van der Waals surface area contributed by atoms with E-state index in [1.165, 1.54) is 44.9 Å². The minimum absolute atomic E-state index is 0.233. The fourth-order valence-corrected chi connectivity index (χ4v) is 3.45. The Morgan fingerprint density at radius 2 is 1.73 bits per heavy atom. The van der Waals surface area contributed by atoms with Crippen molar-refractivity contribution in [2.75, 3.05) is 7.11 Å². The van der Waals surface area contributed by atoms with Crippen LogP contribution in [0.3, 0.4) is 0 Å². The summed E-state index contributed by atoms with van der Waals surface area (Å²) in [4.78, 5) is 0. The van der Waals surface area contributed by atoms with Gasteiger partial charge in [-0.05, 0) is 56.8 Å². The van der Waals surface area contributed by atoms with Crippen molar-refractivity contribution in [3.63, 3.8) is 0 Å². The average Bonchev–Trinajstić information content (AvgIpc) is 2.32. The van der Waals surface area contributed by atoms with E-state index >= 15 is 0 Å². The molecule has 3 fully saturated rings. The standard InChI is InChI=1S/C13H21NO/c1-15-13-8-5-12(6-9-13,7-10-13)4-2-3-11-14/h2-10H2,1H3. The molecule has 0 radical (unpaired) electrons. The maximum atomic E-state index is 8.57. The fraction of sp³-hybridized carbons (Fsp3) is 0.923. The molecule has 0 aromatic carbocycles. The van der Waals surface area contributed by atoms with Crippen LogP contribution in [0.4, 0.5) is 0 Å². The topological polar surface area (TPSA) is 33.0 Å². The van der Waals surface area contributed by atoms with Gasteiger partial charge in [0.1, 0.15) is 0 Å². The van der Waals surface area contributed by atoms with E-state index < -0.39 is 0 Å². The van der Waals surface area contributed by atoms with Gasteiger partial charge in [-0.2, -0.15) is 5.26 Å².